The molecule has 1 heterocycles. The number of hydrazine groups is 2. The maximum absolute atomic E-state index is 3.49. The second-order valence-electron chi connectivity index (χ2n) is 3.48. The predicted octanol–water partition coefficient (Wildman–Crippen LogP) is 1.67. The molecular weight excluding hydrogens is 242 g/mol. The lowest BCUT2D eigenvalue weighted by molar-refractivity contribution is 0.593. The molecule has 76 valence electrons. The van der Waals surface area contributed by atoms with Crippen LogP contribution in [0, 0.1) is 0 Å². The zero-order valence-corrected chi connectivity index (χ0v) is 9.66. The molecule has 1 saturated heterocycles. The van der Waals surface area contributed by atoms with Crippen molar-refractivity contribution in [3.8, 4) is 0 Å². The van der Waals surface area contributed by atoms with Crippen LogP contribution in [0.3, 0.4) is 0 Å². The van der Waals surface area contributed by atoms with Crippen molar-refractivity contribution >= 4 is 21.6 Å². The fourth-order valence-electron chi connectivity index (χ4n) is 1.50. The standard InChI is InChI=1S/C10H14BrN3/c1-8-10(7-11)13-14(12-8)9-5-3-2-4-6-9/h2-6,8,10,12-13H,7H2,1H3. The molecule has 3 nitrogen and oxygen atoms in total. The Labute approximate surface area is 92.6 Å². The van der Waals surface area contributed by atoms with Crippen LogP contribution in [0.2, 0.25) is 0 Å². The first-order valence-electron chi connectivity index (χ1n) is 4.75. The Morgan fingerprint density at radius 1 is 1.29 bits per heavy atom. The summed E-state index contributed by atoms with van der Waals surface area (Å²) >= 11 is 3.49. The topological polar surface area (TPSA) is 27.3 Å². The summed E-state index contributed by atoms with van der Waals surface area (Å²) in [4.78, 5) is 0. The van der Waals surface area contributed by atoms with Gasteiger partial charge in [-0.25, -0.2) is 16.0 Å². The van der Waals surface area contributed by atoms with Gasteiger partial charge in [0.25, 0.3) is 0 Å². The van der Waals surface area contributed by atoms with Crippen LogP contribution in [0.5, 0.6) is 0 Å². The Balaban J connectivity index is 2.09. The average Bonchev–Trinajstić information content (AvgIpc) is 2.61. The van der Waals surface area contributed by atoms with Gasteiger partial charge in [-0.3, -0.25) is 0 Å². The lowest BCUT2D eigenvalue weighted by Gasteiger charge is -2.18. The minimum Gasteiger partial charge on any atom is -0.241 e. The molecule has 0 saturated carbocycles. The molecule has 0 spiro atoms. The van der Waals surface area contributed by atoms with Gasteiger partial charge in [0, 0.05) is 11.4 Å². The van der Waals surface area contributed by atoms with Crippen molar-refractivity contribution in [3.05, 3.63) is 30.3 Å². The third-order valence-corrected chi connectivity index (χ3v) is 3.11. The van der Waals surface area contributed by atoms with E-state index in [1.54, 1.807) is 0 Å². The van der Waals surface area contributed by atoms with E-state index in [4.69, 9.17) is 0 Å². The summed E-state index contributed by atoms with van der Waals surface area (Å²) in [6.45, 7) is 2.17. The highest BCUT2D eigenvalue weighted by molar-refractivity contribution is 9.09. The number of nitrogens with zero attached hydrogens (tertiary/aromatic N) is 1. The Hall–Kier alpha value is -0.580. The highest BCUT2D eigenvalue weighted by atomic mass is 79.9. The minimum absolute atomic E-state index is 0.439. The lowest BCUT2D eigenvalue weighted by Crippen LogP contribution is -2.40. The number of rotatable bonds is 2. The SMILES string of the molecule is CC1NN(c2ccccc2)NC1CBr. The highest BCUT2D eigenvalue weighted by Gasteiger charge is 2.27. The molecule has 1 aromatic rings. The molecule has 14 heavy (non-hydrogen) atoms. The molecule has 2 N–H and O–H groups in total. The third-order valence-electron chi connectivity index (χ3n) is 2.41. The van der Waals surface area contributed by atoms with Crippen LogP contribution in [0.1, 0.15) is 6.92 Å². The summed E-state index contributed by atoms with van der Waals surface area (Å²) in [5.74, 6) is 0. The van der Waals surface area contributed by atoms with Crippen LogP contribution < -0.4 is 16.0 Å². The van der Waals surface area contributed by atoms with Gasteiger partial charge in [0.2, 0.25) is 0 Å². The van der Waals surface area contributed by atoms with Crippen molar-refractivity contribution in [2.75, 3.05) is 10.4 Å². The van der Waals surface area contributed by atoms with Gasteiger partial charge in [-0.15, -0.1) is 0 Å². The molecule has 2 unspecified atom stereocenters. The first-order valence-corrected chi connectivity index (χ1v) is 5.87. The number of hydrogen-bond acceptors (Lipinski definition) is 3. The van der Waals surface area contributed by atoms with Gasteiger partial charge in [0.05, 0.1) is 11.7 Å². The fourth-order valence-corrected chi connectivity index (χ4v) is 2.21. The summed E-state index contributed by atoms with van der Waals surface area (Å²) in [5, 5.41) is 2.93. The van der Waals surface area contributed by atoms with Crippen molar-refractivity contribution in [1.82, 2.24) is 10.9 Å². The first-order chi connectivity index (χ1) is 6.81. The molecule has 4 heteroatoms. The molecule has 1 aliphatic rings. The molecule has 1 aromatic carbocycles. The first kappa shape index (κ1) is 9.96. The Kier molecular flexibility index (Phi) is 3.05. The smallest absolute Gasteiger partial charge is 0.0702 e. The Morgan fingerprint density at radius 2 is 2.00 bits per heavy atom. The summed E-state index contributed by atoms with van der Waals surface area (Å²) in [6.07, 6.45) is 0. The average molecular weight is 256 g/mol. The third kappa shape index (κ3) is 1.92. The molecule has 0 aliphatic carbocycles. The lowest BCUT2D eigenvalue weighted by atomic mass is 10.2. The van der Waals surface area contributed by atoms with Crippen molar-refractivity contribution in [2.24, 2.45) is 0 Å². The zero-order chi connectivity index (χ0) is 9.97. The second kappa shape index (κ2) is 4.29. The summed E-state index contributed by atoms with van der Waals surface area (Å²) in [6, 6.07) is 11.1. The number of alkyl halides is 1. The number of halogens is 1. The van der Waals surface area contributed by atoms with Gasteiger partial charge >= 0.3 is 0 Å². The van der Waals surface area contributed by atoms with Crippen molar-refractivity contribution in [1.29, 1.82) is 0 Å². The van der Waals surface area contributed by atoms with E-state index in [-0.39, 0.29) is 0 Å². The van der Waals surface area contributed by atoms with Crippen LogP contribution in [0.25, 0.3) is 0 Å². The van der Waals surface area contributed by atoms with Crippen molar-refractivity contribution in [2.45, 2.75) is 19.0 Å². The van der Waals surface area contributed by atoms with Gasteiger partial charge in [-0.2, -0.15) is 0 Å². The molecular formula is C10H14BrN3. The van der Waals surface area contributed by atoms with Crippen LogP contribution in [-0.4, -0.2) is 17.4 Å². The van der Waals surface area contributed by atoms with Gasteiger partial charge in [0.15, 0.2) is 0 Å². The van der Waals surface area contributed by atoms with E-state index in [9.17, 15) is 0 Å². The van der Waals surface area contributed by atoms with Crippen LogP contribution in [0.4, 0.5) is 5.69 Å². The highest BCUT2D eigenvalue weighted by Crippen LogP contribution is 2.15. The number of para-hydroxylation sites is 1. The molecule has 0 aromatic heterocycles. The molecule has 1 fully saturated rings. The fraction of sp³-hybridized carbons (Fsp3) is 0.400. The number of hydrogen-bond donors (Lipinski definition) is 2. The van der Waals surface area contributed by atoms with E-state index in [0.29, 0.717) is 12.1 Å². The Bertz CT molecular complexity index is 291. The maximum Gasteiger partial charge on any atom is 0.0702 e. The van der Waals surface area contributed by atoms with Crippen LogP contribution in [0.15, 0.2) is 30.3 Å². The van der Waals surface area contributed by atoms with E-state index in [0.717, 1.165) is 11.0 Å². The van der Waals surface area contributed by atoms with Crippen LogP contribution in [-0.2, 0) is 0 Å². The van der Waals surface area contributed by atoms with Crippen molar-refractivity contribution in [3.63, 3.8) is 0 Å². The van der Waals surface area contributed by atoms with E-state index < -0.39 is 0 Å². The quantitative estimate of drug-likeness (QED) is 0.788. The van der Waals surface area contributed by atoms with Gasteiger partial charge in [-0.05, 0) is 19.1 Å². The zero-order valence-electron chi connectivity index (χ0n) is 8.07. The molecule has 2 rings (SSSR count). The minimum atomic E-state index is 0.439. The largest absolute Gasteiger partial charge is 0.241 e. The Morgan fingerprint density at radius 3 is 2.57 bits per heavy atom. The molecule has 0 amide bonds. The predicted molar refractivity (Wildman–Crippen MR) is 62.2 cm³/mol. The number of nitrogens with one attached hydrogen (secondary N) is 2. The normalized spacial score (nSPS) is 26.9. The molecule has 0 radical (unpaired) electrons. The molecule has 0 bridgehead atoms. The van der Waals surface area contributed by atoms with Crippen molar-refractivity contribution < 1.29 is 0 Å². The van der Waals surface area contributed by atoms with E-state index >= 15 is 0 Å². The monoisotopic (exact) mass is 255 g/mol. The number of anilines is 1. The van der Waals surface area contributed by atoms with E-state index in [1.165, 1.54) is 0 Å². The van der Waals surface area contributed by atoms with Gasteiger partial charge in [0.1, 0.15) is 0 Å². The van der Waals surface area contributed by atoms with Gasteiger partial charge < -0.3 is 0 Å². The summed E-state index contributed by atoms with van der Waals surface area (Å²) in [5.41, 5.74) is 7.89. The molecule has 1 aliphatic heterocycles. The second-order valence-corrected chi connectivity index (χ2v) is 4.13. The van der Waals surface area contributed by atoms with E-state index in [1.807, 2.05) is 23.3 Å². The number of benzene rings is 1. The molecule has 2 atom stereocenters. The van der Waals surface area contributed by atoms with Gasteiger partial charge in [-0.1, -0.05) is 34.1 Å². The van der Waals surface area contributed by atoms with Crippen LogP contribution >= 0.6 is 15.9 Å². The summed E-state index contributed by atoms with van der Waals surface area (Å²) < 4.78 is 0. The van der Waals surface area contributed by atoms with E-state index in [2.05, 4.69) is 45.8 Å². The maximum atomic E-state index is 3.49. The summed E-state index contributed by atoms with van der Waals surface area (Å²) in [7, 11) is 0.